The van der Waals surface area contributed by atoms with Gasteiger partial charge in [0.25, 0.3) is 0 Å². The first-order chi connectivity index (χ1) is 15.7. The Morgan fingerprint density at radius 1 is 1.00 bits per heavy atom. The zero-order valence-electron chi connectivity index (χ0n) is 19.6. The molecule has 0 saturated heterocycles. The van der Waals surface area contributed by atoms with Crippen LogP contribution in [0.15, 0.2) is 35.7 Å². The predicted molar refractivity (Wildman–Crippen MR) is 125 cm³/mol. The molecule has 4 fully saturated rings. The van der Waals surface area contributed by atoms with Crippen molar-refractivity contribution in [3.05, 3.63) is 41.0 Å². The number of nitrogens with zero attached hydrogens (tertiary/aromatic N) is 4. The van der Waals surface area contributed by atoms with Crippen LogP contribution in [0, 0.1) is 34.5 Å². The average Bonchev–Trinajstić information content (AvgIpc) is 3.11. The normalized spacial score (nSPS) is 41.9. The van der Waals surface area contributed by atoms with Crippen LogP contribution in [0.4, 0.5) is 0 Å². The van der Waals surface area contributed by atoms with Crippen molar-refractivity contribution in [2.75, 3.05) is 0 Å². The lowest BCUT2D eigenvalue weighted by Gasteiger charge is -2.60. The highest BCUT2D eigenvalue weighted by molar-refractivity contribution is 7.80. The van der Waals surface area contributed by atoms with E-state index in [4.69, 9.17) is 14.3 Å². The molecule has 4 aliphatic carbocycles. The van der Waals surface area contributed by atoms with Crippen LogP contribution in [0.25, 0.3) is 10.4 Å². The molecule has 0 radical (unpaired) electrons. The van der Waals surface area contributed by atoms with E-state index in [1.54, 1.807) is 12.4 Å². The van der Waals surface area contributed by atoms with Gasteiger partial charge in [-0.05, 0) is 110 Å². The maximum atomic E-state index is 11.1. The second-order valence-corrected chi connectivity index (χ2v) is 12.0. The van der Waals surface area contributed by atoms with Crippen LogP contribution in [0.1, 0.15) is 71.6 Å². The molecule has 0 spiro atoms. The molecule has 9 heteroatoms. The Labute approximate surface area is 197 Å². The second kappa shape index (κ2) is 9.53. The lowest BCUT2D eigenvalue weighted by atomic mass is 9.45. The third kappa shape index (κ3) is 4.92. The van der Waals surface area contributed by atoms with E-state index >= 15 is 0 Å². The summed E-state index contributed by atoms with van der Waals surface area (Å²) in [5, 5.41) is 4.14. The molecule has 1 heterocycles. The van der Waals surface area contributed by atoms with Crippen LogP contribution >= 0.6 is 0 Å². The van der Waals surface area contributed by atoms with Crippen molar-refractivity contribution in [2.24, 2.45) is 39.6 Å². The Balaban J connectivity index is 0.000000376. The molecule has 1 N–H and O–H groups in total. The SMILES string of the molecule is C[C@]12CC[C@@H](OS(=O)(=O)O)C[C@H]1CC[C@@H]1[C@@H]2CC[C@]2(C)[C@@H](N=[N+]=[N-])CC[C@@H]12.c1ccncc1. The number of azide groups is 1. The van der Waals surface area contributed by atoms with E-state index in [2.05, 4.69) is 28.9 Å². The summed E-state index contributed by atoms with van der Waals surface area (Å²) < 4.78 is 36.2. The number of hydrogen-bond acceptors (Lipinski definition) is 5. The first-order valence-corrected chi connectivity index (χ1v) is 13.6. The molecule has 8 nitrogen and oxygen atoms in total. The van der Waals surface area contributed by atoms with E-state index < -0.39 is 10.4 Å². The highest BCUT2D eigenvalue weighted by Crippen LogP contribution is 2.66. The summed E-state index contributed by atoms with van der Waals surface area (Å²) in [6, 6.07) is 5.85. The summed E-state index contributed by atoms with van der Waals surface area (Å²) in [6.45, 7) is 4.74. The van der Waals surface area contributed by atoms with E-state index in [1.165, 1.54) is 12.8 Å². The highest BCUT2D eigenvalue weighted by Gasteiger charge is 2.60. The molecule has 0 unspecified atom stereocenters. The molecular formula is C24H36N4O4S. The Morgan fingerprint density at radius 3 is 2.30 bits per heavy atom. The number of fused-ring (bicyclic) bond motifs is 5. The molecule has 33 heavy (non-hydrogen) atoms. The number of hydrogen-bond donors (Lipinski definition) is 1. The Kier molecular flexibility index (Phi) is 7.06. The lowest BCUT2D eigenvalue weighted by molar-refractivity contribution is -0.119. The van der Waals surface area contributed by atoms with Gasteiger partial charge in [0.2, 0.25) is 0 Å². The van der Waals surface area contributed by atoms with Crippen molar-refractivity contribution in [3.63, 3.8) is 0 Å². The van der Waals surface area contributed by atoms with Gasteiger partial charge in [-0.1, -0.05) is 25.0 Å². The molecule has 0 amide bonds. The fourth-order valence-corrected chi connectivity index (χ4v) is 8.53. The first kappa shape index (κ1) is 24.5. The van der Waals surface area contributed by atoms with Gasteiger partial charge in [-0.25, -0.2) is 4.18 Å². The zero-order valence-corrected chi connectivity index (χ0v) is 20.4. The minimum absolute atomic E-state index is 0.137. The van der Waals surface area contributed by atoms with Gasteiger partial charge < -0.3 is 0 Å². The van der Waals surface area contributed by atoms with E-state index in [-0.39, 0.29) is 23.0 Å². The molecule has 4 aliphatic rings. The van der Waals surface area contributed by atoms with Gasteiger partial charge in [0.15, 0.2) is 0 Å². The number of pyridine rings is 1. The van der Waals surface area contributed by atoms with Gasteiger partial charge in [-0.3, -0.25) is 9.54 Å². The molecule has 5 rings (SSSR count). The molecule has 8 atom stereocenters. The maximum absolute atomic E-state index is 11.1. The Hall–Kier alpha value is -1.67. The predicted octanol–water partition coefficient (Wildman–Crippen LogP) is 5.98. The zero-order chi connectivity index (χ0) is 23.7. The fraction of sp³-hybridized carbons (Fsp3) is 0.792. The van der Waals surface area contributed by atoms with Crippen molar-refractivity contribution >= 4 is 10.4 Å². The minimum Gasteiger partial charge on any atom is -0.265 e. The first-order valence-electron chi connectivity index (χ1n) is 12.2. The third-order valence-electron chi connectivity index (χ3n) is 9.58. The van der Waals surface area contributed by atoms with Crippen LogP contribution in [0.3, 0.4) is 0 Å². The van der Waals surface area contributed by atoms with Gasteiger partial charge in [-0.15, -0.1) is 0 Å². The highest BCUT2D eigenvalue weighted by atomic mass is 32.3. The minimum atomic E-state index is -4.38. The largest absolute Gasteiger partial charge is 0.397 e. The number of aromatic nitrogens is 1. The molecule has 182 valence electrons. The van der Waals surface area contributed by atoms with E-state index in [9.17, 15) is 8.42 Å². The quantitative estimate of drug-likeness (QED) is 0.249. The molecule has 1 aromatic rings. The smallest absolute Gasteiger partial charge is 0.265 e. The maximum Gasteiger partial charge on any atom is 0.397 e. The summed E-state index contributed by atoms with van der Waals surface area (Å²) in [4.78, 5) is 6.90. The number of rotatable bonds is 3. The van der Waals surface area contributed by atoms with E-state index in [1.807, 2.05) is 18.2 Å². The average molecular weight is 477 g/mol. The summed E-state index contributed by atoms with van der Waals surface area (Å²) in [7, 11) is -4.38. The van der Waals surface area contributed by atoms with Gasteiger partial charge in [0.05, 0.1) is 6.10 Å². The summed E-state index contributed by atoms with van der Waals surface area (Å²) >= 11 is 0. The van der Waals surface area contributed by atoms with Crippen LogP contribution in [0.5, 0.6) is 0 Å². The summed E-state index contributed by atoms with van der Waals surface area (Å²) in [6.07, 6.45) is 12.2. The summed E-state index contributed by atoms with van der Waals surface area (Å²) in [5.74, 6) is 2.43. The molecule has 1 aromatic heterocycles. The molecule has 4 saturated carbocycles. The molecule has 0 bridgehead atoms. The van der Waals surface area contributed by atoms with Crippen molar-refractivity contribution in [3.8, 4) is 0 Å². The van der Waals surface area contributed by atoms with Gasteiger partial charge in [-0.2, -0.15) is 8.42 Å². The van der Waals surface area contributed by atoms with Crippen LogP contribution in [-0.4, -0.2) is 30.1 Å². The van der Waals surface area contributed by atoms with Crippen LogP contribution in [-0.2, 0) is 14.6 Å². The standard InChI is InChI=1S/C19H31N3O4S.C5H5N/c1-18-9-7-13(26-27(23,24)25)11-12(18)3-4-14-15-5-6-17(21-22-20)19(15,2)10-8-16(14)18;1-2-4-6-5-3-1/h12-17H,3-11H2,1-2H3,(H,23,24,25);1-5H/t12-,13-,14+,15+,16+,17+,18+,19+;/m1./s1. The molecular weight excluding hydrogens is 440 g/mol. The van der Waals surface area contributed by atoms with Gasteiger partial charge in [0, 0.05) is 23.3 Å². The second-order valence-electron chi connectivity index (χ2n) is 10.9. The van der Waals surface area contributed by atoms with Gasteiger partial charge in [0.1, 0.15) is 0 Å². The monoisotopic (exact) mass is 476 g/mol. The Bertz CT molecular complexity index is 943. The fourth-order valence-electron chi connectivity index (χ4n) is 8.02. The van der Waals surface area contributed by atoms with Crippen molar-refractivity contribution in [1.82, 2.24) is 4.98 Å². The van der Waals surface area contributed by atoms with Crippen molar-refractivity contribution in [1.29, 1.82) is 0 Å². The molecule has 0 aliphatic heterocycles. The van der Waals surface area contributed by atoms with Crippen molar-refractivity contribution < 1.29 is 17.2 Å². The van der Waals surface area contributed by atoms with E-state index in [0.717, 1.165) is 38.5 Å². The topological polar surface area (TPSA) is 125 Å². The van der Waals surface area contributed by atoms with Gasteiger partial charge >= 0.3 is 10.4 Å². The lowest BCUT2D eigenvalue weighted by Crippen LogP contribution is -2.54. The van der Waals surface area contributed by atoms with Crippen LogP contribution < -0.4 is 0 Å². The summed E-state index contributed by atoms with van der Waals surface area (Å²) in [5.41, 5.74) is 9.31. The third-order valence-corrected chi connectivity index (χ3v) is 10.1. The van der Waals surface area contributed by atoms with Crippen LogP contribution in [0.2, 0.25) is 0 Å². The van der Waals surface area contributed by atoms with E-state index in [0.29, 0.717) is 30.1 Å². The van der Waals surface area contributed by atoms with Crippen molar-refractivity contribution in [2.45, 2.75) is 83.8 Å². The molecule has 0 aromatic carbocycles. The Morgan fingerprint density at radius 2 is 1.70 bits per heavy atom.